The van der Waals surface area contributed by atoms with E-state index in [2.05, 4.69) is 28.9 Å². The average Bonchev–Trinajstić information content (AvgIpc) is 2.48. The standard InChI is InChI=1S/C16H26N2O2/c1-13-10-14(17-4-2-16(19)3-5-17)12-15(11-13)18-6-8-20-9-7-18/h10,12-13,16,19H,2-9,11H2,1H3. The Kier molecular flexibility index (Phi) is 4.32. The van der Waals surface area contributed by atoms with Crippen LogP contribution in [0, 0.1) is 5.92 Å². The molecule has 1 unspecified atom stereocenters. The molecule has 112 valence electrons. The number of aliphatic hydroxyl groups excluding tert-OH is 1. The Morgan fingerprint density at radius 1 is 1.10 bits per heavy atom. The zero-order chi connectivity index (χ0) is 13.9. The Morgan fingerprint density at radius 3 is 2.50 bits per heavy atom. The third kappa shape index (κ3) is 3.18. The molecule has 4 heteroatoms. The Morgan fingerprint density at radius 2 is 1.80 bits per heavy atom. The van der Waals surface area contributed by atoms with Gasteiger partial charge in [-0.05, 0) is 31.3 Å². The molecule has 2 aliphatic heterocycles. The van der Waals surface area contributed by atoms with Gasteiger partial charge in [-0.15, -0.1) is 0 Å². The summed E-state index contributed by atoms with van der Waals surface area (Å²) in [4.78, 5) is 4.91. The minimum absolute atomic E-state index is 0.101. The maximum atomic E-state index is 9.65. The molecule has 20 heavy (non-hydrogen) atoms. The van der Waals surface area contributed by atoms with Gasteiger partial charge in [-0.25, -0.2) is 0 Å². The monoisotopic (exact) mass is 278 g/mol. The summed E-state index contributed by atoms with van der Waals surface area (Å²) < 4.78 is 5.45. The molecule has 1 N–H and O–H groups in total. The number of piperidine rings is 1. The third-order valence-electron chi connectivity index (χ3n) is 4.55. The molecule has 0 aromatic heterocycles. The maximum absolute atomic E-state index is 9.65. The lowest BCUT2D eigenvalue weighted by Gasteiger charge is -2.38. The van der Waals surface area contributed by atoms with Gasteiger partial charge in [0, 0.05) is 37.6 Å². The molecule has 0 aromatic rings. The molecule has 0 spiro atoms. The van der Waals surface area contributed by atoms with Crippen molar-refractivity contribution in [1.29, 1.82) is 0 Å². The first-order chi connectivity index (χ1) is 9.72. The van der Waals surface area contributed by atoms with Crippen LogP contribution in [-0.2, 0) is 4.74 Å². The lowest BCUT2D eigenvalue weighted by atomic mass is 9.95. The molecule has 3 rings (SSSR count). The van der Waals surface area contributed by atoms with Crippen molar-refractivity contribution in [2.45, 2.75) is 32.3 Å². The zero-order valence-corrected chi connectivity index (χ0v) is 12.4. The Bertz CT molecular complexity index is 391. The molecular formula is C16H26N2O2. The van der Waals surface area contributed by atoms with Crippen molar-refractivity contribution in [1.82, 2.24) is 9.80 Å². The highest BCUT2D eigenvalue weighted by molar-refractivity contribution is 5.28. The topological polar surface area (TPSA) is 35.9 Å². The predicted molar refractivity (Wildman–Crippen MR) is 79.2 cm³/mol. The van der Waals surface area contributed by atoms with E-state index in [1.54, 1.807) is 0 Å². The number of allylic oxidation sites excluding steroid dienone is 3. The van der Waals surface area contributed by atoms with E-state index in [0.717, 1.165) is 58.7 Å². The van der Waals surface area contributed by atoms with Crippen LogP contribution in [0.3, 0.4) is 0 Å². The number of aliphatic hydroxyl groups is 1. The highest BCUT2D eigenvalue weighted by atomic mass is 16.5. The van der Waals surface area contributed by atoms with Crippen LogP contribution in [0.5, 0.6) is 0 Å². The molecule has 0 saturated carbocycles. The molecule has 2 heterocycles. The van der Waals surface area contributed by atoms with Crippen molar-refractivity contribution in [2.24, 2.45) is 5.92 Å². The number of likely N-dealkylation sites (tertiary alicyclic amines) is 1. The molecular weight excluding hydrogens is 252 g/mol. The smallest absolute Gasteiger partial charge is 0.0642 e. The van der Waals surface area contributed by atoms with Gasteiger partial charge in [0.15, 0.2) is 0 Å². The van der Waals surface area contributed by atoms with Crippen molar-refractivity contribution in [3.8, 4) is 0 Å². The number of hydrogen-bond donors (Lipinski definition) is 1. The minimum Gasteiger partial charge on any atom is -0.393 e. The number of rotatable bonds is 2. The van der Waals surface area contributed by atoms with Crippen LogP contribution in [0.15, 0.2) is 23.5 Å². The van der Waals surface area contributed by atoms with E-state index in [1.165, 1.54) is 11.4 Å². The second kappa shape index (κ2) is 6.19. The van der Waals surface area contributed by atoms with Gasteiger partial charge in [0.05, 0.1) is 19.3 Å². The first-order valence-corrected chi connectivity index (χ1v) is 7.90. The number of ether oxygens (including phenoxy) is 1. The Labute approximate surface area is 121 Å². The predicted octanol–water partition coefficient (Wildman–Crippen LogP) is 1.58. The average molecular weight is 278 g/mol. The van der Waals surface area contributed by atoms with Crippen molar-refractivity contribution >= 4 is 0 Å². The zero-order valence-electron chi connectivity index (χ0n) is 12.4. The fourth-order valence-electron chi connectivity index (χ4n) is 3.35. The van der Waals surface area contributed by atoms with Gasteiger partial charge < -0.3 is 19.6 Å². The van der Waals surface area contributed by atoms with Gasteiger partial charge in [0.1, 0.15) is 0 Å². The lowest BCUT2D eigenvalue weighted by Crippen LogP contribution is -2.39. The van der Waals surface area contributed by atoms with Gasteiger partial charge >= 0.3 is 0 Å². The van der Waals surface area contributed by atoms with Crippen molar-refractivity contribution in [2.75, 3.05) is 39.4 Å². The quantitative estimate of drug-likeness (QED) is 0.832. The van der Waals surface area contributed by atoms with E-state index in [4.69, 9.17) is 4.74 Å². The molecule has 0 aromatic carbocycles. The first kappa shape index (κ1) is 14.0. The molecule has 1 atom stereocenters. The molecule has 2 fully saturated rings. The summed E-state index contributed by atoms with van der Waals surface area (Å²) in [7, 11) is 0. The summed E-state index contributed by atoms with van der Waals surface area (Å²) >= 11 is 0. The second-order valence-corrected chi connectivity index (χ2v) is 6.23. The van der Waals surface area contributed by atoms with Crippen molar-refractivity contribution < 1.29 is 9.84 Å². The Balaban J connectivity index is 1.71. The first-order valence-electron chi connectivity index (χ1n) is 7.90. The molecule has 4 nitrogen and oxygen atoms in total. The molecule has 0 amide bonds. The summed E-state index contributed by atoms with van der Waals surface area (Å²) in [5.41, 5.74) is 2.82. The highest BCUT2D eigenvalue weighted by Gasteiger charge is 2.23. The van der Waals surface area contributed by atoms with E-state index in [0.29, 0.717) is 5.92 Å². The summed E-state index contributed by atoms with van der Waals surface area (Å²) in [6, 6.07) is 0. The normalized spacial score (nSPS) is 29.2. The van der Waals surface area contributed by atoms with E-state index >= 15 is 0 Å². The molecule has 3 aliphatic rings. The van der Waals surface area contributed by atoms with Gasteiger partial charge in [-0.1, -0.05) is 13.0 Å². The SMILES string of the molecule is CC1C=C(N2CCC(O)CC2)C=C(N2CCOCC2)C1. The second-order valence-electron chi connectivity index (χ2n) is 6.23. The highest BCUT2D eigenvalue weighted by Crippen LogP contribution is 2.28. The molecule has 1 aliphatic carbocycles. The molecule has 0 bridgehead atoms. The number of nitrogens with zero attached hydrogens (tertiary/aromatic N) is 2. The third-order valence-corrected chi connectivity index (χ3v) is 4.55. The van der Waals surface area contributed by atoms with Gasteiger partial charge in [-0.2, -0.15) is 0 Å². The lowest BCUT2D eigenvalue weighted by molar-refractivity contribution is 0.0508. The summed E-state index contributed by atoms with van der Waals surface area (Å²) in [6.45, 7) is 7.99. The van der Waals surface area contributed by atoms with Gasteiger partial charge in [0.2, 0.25) is 0 Å². The van der Waals surface area contributed by atoms with Crippen LogP contribution < -0.4 is 0 Å². The summed E-state index contributed by atoms with van der Waals surface area (Å²) in [6.07, 6.45) is 7.58. The van der Waals surface area contributed by atoms with Crippen LogP contribution in [-0.4, -0.2) is 60.4 Å². The van der Waals surface area contributed by atoms with Crippen molar-refractivity contribution in [3.05, 3.63) is 23.5 Å². The molecule has 0 radical (unpaired) electrons. The minimum atomic E-state index is -0.101. The fourth-order valence-corrected chi connectivity index (χ4v) is 3.35. The maximum Gasteiger partial charge on any atom is 0.0642 e. The Hall–Kier alpha value is -1.00. The van der Waals surface area contributed by atoms with E-state index in [1.807, 2.05) is 0 Å². The number of hydrogen-bond acceptors (Lipinski definition) is 4. The van der Waals surface area contributed by atoms with Gasteiger partial charge in [0.25, 0.3) is 0 Å². The summed E-state index contributed by atoms with van der Waals surface area (Å²) in [5.74, 6) is 0.597. The van der Waals surface area contributed by atoms with Gasteiger partial charge in [-0.3, -0.25) is 0 Å². The van der Waals surface area contributed by atoms with E-state index in [-0.39, 0.29) is 6.10 Å². The summed E-state index contributed by atoms with van der Waals surface area (Å²) in [5, 5.41) is 9.65. The van der Waals surface area contributed by atoms with E-state index in [9.17, 15) is 5.11 Å². The van der Waals surface area contributed by atoms with Crippen LogP contribution in [0.25, 0.3) is 0 Å². The fraction of sp³-hybridized carbons (Fsp3) is 0.750. The van der Waals surface area contributed by atoms with Crippen LogP contribution in [0.4, 0.5) is 0 Å². The number of morpholine rings is 1. The van der Waals surface area contributed by atoms with Crippen LogP contribution in [0.1, 0.15) is 26.2 Å². The largest absolute Gasteiger partial charge is 0.393 e. The van der Waals surface area contributed by atoms with Crippen molar-refractivity contribution in [3.63, 3.8) is 0 Å². The van der Waals surface area contributed by atoms with Crippen LogP contribution in [0.2, 0.25) is 0 Å². The van der Waals surface area contributed by atoms with Crippen LogP contribution >= 0.6 is 0 Å². The molecule has 2 saturated heterocycles. The van der Waals surface area contributed by atoms with E-state index < -0.39 is 0 Å².